The van der Waals surface area contributed by atoms with Gasteiger partial charge in [-0.2, -0.15) is 16.9 Å². The molecule has 1 atom stereocenters. The molecule has 4 heteroatoms. The van der Waals surface area contributed by atoms with Crippen LogP contribution in [0.3, 0.4) is 0 Å². The number of aryl methyl sites for hydroxylation is 1. The van der Waals surface area contributed by atoms with Crippen molar-refractivity contribution in [1.82, 2.24) is 15.1 Å². The summed E-state index contributed by atoms with van der Waals surface area (Å²) in [6.07, 6.45) is 4.00. The summed E-state index contributed by atoms with van der Waals surface area (Å²) in [5, 5.41) is 7.69. The van der Waals surface area contributed by atoms with Gasteiger partial charge in [-0.1, -0.05) is 13.8 Å². The standard InChI is InChI=1S/C12H23N3S/c1-10(2)9-16-6-5-13-11(3)12-7-14-15(4)8-12/h7-8,10-11,13H,5-6,9H2,1-4H3. The van der Waals surface area contributed by atoms with Gasteiger partial charge in [-0.15, -0.1) is 0 Å². The molecule has 1 aromatic heterocycles. The molecule has 0 radical (unpaired) electrons. The lowest BCUT2D eigenvalue weighted by molar-refractivity contribution is 0.600. The van der Waals surface area contributed by atoms with Gasteiger partial charge in [-0.3, -0.25) is 4.68 Å². The van der Waals surface area contributed by atoms with Gasteiger partial charge in [0.25, 0.3) is 0 Å². The van der Waals surface area contributed by atoms with E-state index < -0.39 is 0 Å². The van der Waals surface area contributed by atoms with Gasteiger partial charge in [0.1, 0.15) is 0 Å². The van der Waals surface area contributed by atoms with Gasteiger partial charge in [0.2, 0.25) is 0 Å². The Kier molecular flexibility index (Phi) is 5.91. The summed E-state index contributed by atoms with van der Waals surface area (Å²) in [6.45, 7) is 7.77. The number of thioether (sulfide) groups is 1. The lowest BCUT2D eigenvalue weighted by Gasteiger charge is -2.12. The normalized spacial score (nSPS) is 13.3. The minimum absolute atomic E-state index is 0.397. The van der Waals surface area contributed by atoms with Crippen LogP contribution in [0.2, 0.25) is 0 Å². The molecule has 0 spiro atoms. The molecule has 16 heavy (non-hydrogen) atoms. The van der Waals surface area contributed by atoms with Crippen LogP contribution in [0.4, 0.5) is 0 Å². The van der Waals surface area contributed by atoms with E-state index in [0.29, 0.717) is 6.04 Å². The third-order valence-electron chi connectivity index (χ3n) is 2.37. The Bertz CT molecular complexity index is 296. The summed E-state index contributed by atoms with van der Waals surface area (Å²) in [5.74, 6) is 3.23. The van der Waals surface area contributed by atoms with Crippen LogP contribution in [0.25, 0.3) is 0 Å². The maximum absolute atomic E-state index is 4.18. The average molecular weight is 241 g/mol. The second kappa shape index (κ2) is 6.97. The third kappa shape index (κ3) is 5.03. The Hall–Kier alpha value is -0.480. The van der Waals surface area contributed by atoms with Crippen LogP contribution in [0, 0.1) is 5.92 Å². The molecule has 0 aliphatic carbocycles. The molecule has 0 amide bonds. The summed E-state index contributed by atoms with van der Waals surface area (Å²) in [5.41, 5.74) is 1.26. The van der Waals surface area contributed by atoms with Gasteiger partial charge < -0.3 is 5.32 Å². The quantitative estimate of drug-likeness (QED) is 0.744. The topological polar surface area (TPSA) is 29.9 Å². The Morgan fingerprint density at radius 2 is 2.19 bits per heavy atom. The Balaban J connectivity index is 2.13. The molecule has 0 bridgehead atoms. The highest BCUT2D eigenvalue weighted by Crippen LogP contribution is 2.11. The van der Waals surface area contributed by atoms with E-state index in [-0.39, 0.29) is 0 Å². The van der Waals surface area contributed by atoms with Crippen molar-refractivity contribution in [3.05, 3.63) is 18.0 Å². The first-order chi connectivity index (χ1) is 7.59. The molecule has 92 valence electrons. The van der Waals surface area contributed by atoms with E-state index >= 15 is 0 Å². The second-order valence-corrected chi connectivity index (χ2v) is 5.74. The highest BCUT2D eigenvalue weighted by molar-refractivity contribution is 7.99. The SMILES string of the molecule is CC(C)CSCCNC(C)c1cnn(C)c1. The van der Waals surface area contributed by atoms with Crippen molar-refractivity contribution < 1.29 is 0 Å². The highest BCUT2D eigenvalue weighted by atomic mass is 32.2. The van der Waals surface area contributed by atoms with Crippen molar-refractivity contribution >= 4 is 11.8 Å². The van der Waals surface area contributed by atoms with Gasteiger partial charge in [-0.25, -0.2) is 0 Å². The van der Waals surface area contributed by atoms with Crippen LogP contribution in [0.1, 0.15) is 32.4 Å². The van der Waals surface area contributed by atoms with Gasteiger partial charge in [0, 0.05) is 37.1 Å². The lowest BCUT2D eigenvalue weighted by atomic mass is 10.2. The number of hydrogen-bond acceptors (Lipinski definition) is 3. The number of nitrogens with one attached hydrogen (secondary N) is 1. The van der Waals surface area contributed by atoms with Crippen molar-refractivity contribution in [3.8, 4) is 0 Å². The summed E-state index contributed by atoms with van der Waals surface area (Å²) in [4.78, 5) is 0. The monoisotopic (exact) mass is 241 g/mol. The average Bonchev–Trinajstić information content (AvgIpc) is 2.63. The van der Waals surface area contributed by atoms with Crippen molar-refractivity contribution in [3.63, 3.8) is 0 Å². The molecule has 1 heterocycles. The minimum atomic E-state index is 0.397. The van der Waals surface area contributed by atoms with Crippen molar-refractivity contribution in [2.24, 2.45) is 13.0 Å². The zero-order valence-corrected chi connectivity index (χ0v) is 11.5. The predicted octanol–water partition coefficient (Wildman–Crippen LogP) is 2.46. The molecule has 0 saturated carbocycles. The molecular formula is C12H23N3S. The van der Waals surface area contributed by atoms with Gasteiger partial charge in [0.05, 0.1) is 6.20 Å². The van der Waals surface area contributed by atoms with Crippen LogP contribution in [-0.2, 0) is 7.05 Å². The Morgan fingerprint density at radius 1 is 1.44 bits per heavy atom. The molecule has 0 aliphatic heterocycles. The van der Waals surface area contributed by atoms with Crippen LogP contribution in [-0.4, -0.2) is 27.8 Å². The second-order valence-electron chi connectivity index (χ2n) is 4.59. The molecule has 0 fully saturated rings. The summed E-state index contributed by atoms with van der Waals surface area (Å²) in [6, 6.07) is 0.397. The summed E-state index contributed by atoms with van der Waals surface area (Å²) >= 11 is 2.02. The van der Waals surface area contributed by atoms with Gasteiger partial charge >= 0.3 is 0 Å². The van der Waals surface area contributed by atoms with Gasteiger partial charge in [0.15, 0.2) is 0 Å². The highest BCUT2D eigenvalue weighted by Gasteiger charge is 2.05. The molecule has 1 aromatic rings. The Morgan fingerprint density at radius 3 is 2.75 bits per heavy atom. The van der Waals surface area contributed by atoms with E-state index in [1.807, 2.05) is 29.7 Å². The number of nitrogens with zero attached hydrogens (tertiary/aromatic N) is 2. The smallest absolute Gasteiger partial charge is 0.0537 e. The van der Waals surface area contributed by atoms with E-state index in [0.717, 1.165) is 12.5 Å². The zero-order valence-electron chi connectivity index (χ0n) is 10.7. The molecule has 1 unspecified atom stereocenters. The zero-order chi connectivity index (χ0) is 12.0. The molecule has 0 aliphatic rings. The minimum Gasteiger partial charge on any atom is -0.309 e. The van der Waals surface area contributed by atoms with Crippen LogP contribution < -0.4 is 5.32 Å². The van der Waals surface area contributed by atoms with Crippen LogP contribution in [0.15, 0.2) is 12.4 Å². The van der Waals surface area contributed by atoms with E-state index in [4.69, 9.17) is 0 Å². The fourth-order valence-electron chi connectivity index (χ4n) is 1.45. The third-order valence-corrected chi connectivity index (χ3v) is 3.77. The summed E-state index contributed by atoms with van der Waals surface area (Å²) in [7, 11) is 1.95. The molecule has 0 saturated heterocycles. The number of rotatable bonds is 7. The molecule has 1 rings (SSSR count). The van der Waals surface area contributed by atoms with E-state index in [2.05, 4.69) is 37.4 Å². The largest absolute Gasteiger partial charge is 0.309 e. The molecular weight excluding hydrogens is 218 g/mol. The lowest BCUT2D eigenvalue weighted by Crippen LogP contribution is -2.21. The first-order valence-electron chi connectivity index (χ1n) is 5.89. The first-order valence-corrected chi connectivity index (χ1v) is 7.04. The van der Waals surface area contributed by atoms with E-state index in [9.17, 15) is 0 Å². The maximum atomic E-state index is 4.18. The van der Waals surface area contributed by atoms with Crippen LogP contribution >= 0.6 is 11.8 Å². The van der Waals surface area contributed by atoms with E-state index in [1.165, 1.54) is 17.1 Å². The molecule has 3 nitrogen and oxygen atoms in total. The van der Waals surface area contributed by atoms with Crippen molar-refractivity contribution in [2.75, 3.05) is 18.1 Å². The fourth-order valence-corrected chi connectivity index (χ4v) is 2.35. The van der Waals surface area contributed by atoms with Gasteiger partial charge in [-0.05, 0) is 18.6 Å². The van der Waals surface area contributed by atoms with Crippen molar-refractivity contribution in [1.29, 1.82) is 0 Å². The first kappa shape index (κ1) is 13.6. The predicted molar refractivity (Wildman–Crippen MR) is 71.8 cm³/mol. The maximum Gasteiger partial charge on any atom is 0.0537 e. The molecule has 1 N–H and O–H groups in total. The van der Waals surface area contributed by atoms with Crippen LogP contribution in [0.5, 0.6) is 0 Å². The number of aromatic nitrogens is 2. The fraction of sp³-hybridized carbons (Fsp3) is 0.750. The van der Waals surface area contributed by atoms with E-state index in [1.54, 1.807) is 0 Å². The van der Waals surface area contributed by atoms with Crippen molar-refractivity contribution in [2.45, 2.75) is 26.8 Å². The number of hydrogen-bond donors (Lipinski definition) is 1. The summed E-state index contributed by atoms with van der Waals surface area (Å²) < 4.78 is 1.85. The molecule has 0 aromatic carbocycles. The Labute approximate surface area is 103 Å².